The molecule has 0 aliphatic carbocycles. The lowest BCUT2D eigenvalue weighted by Gasteiger charge is -2.39. The van der Waals surface area contributed by atoms with Crippen LogP contribution in [0.25, 0.3) is 0 Å². The lowest BCUT2D eigenvalue weighted by atomic mass is 9.83. The van der Waals surface area contributed by atoms with Gasteiger partial charge in [0, 0.05) is 12.1 Å². The monoisotopic (exact) mass is 185 g/mol. The Kier molecular flexibility index (Phi) is 4.44. The van der Waals surface area contributed by atoms with Gasteiger partial charge in [0.15, 0.2) is 0 Å². The van der Waals surface area contributed by atoms with Gasteiger partial charge in [0.05, 0.1) is 0 Å². The smallest absolute Gasteiger partial charge is 0.0122 e. The van der Waals surface area contributed by atoms with E-state index < -0.39 is 0 Å². The maximum atomic E-state index is 2.46. The summed E-state index contributed by atoms with van der Waals surface area (Å²) in [6.07, 6.45) is 2.54. The third-order valence-corrected chi connectivity index (χ3v) is 3.47. The Morgan fingerprint density at radius 3 is 1.54 bits per heavy atom. The van der Waals surface area contributed by atoms with Crippen LogP contribution in [0.4, 0.5) is 0 Å². The zero-order chi connectivity index (χ0) is 10.7. The summed E-state index contributed by atoms with van der Waals surface area (Å²) in [4.78, 5) is 2.46. The van der Waals surface area contributed by atoms with E-state index in [1.54, 1.807) is 0 Å². The highest BCUT2D eigenvalue weighted by atomic mass is 15.2. The maximum absolute atomic E-state index is 2.46. The van der Waals surface area contributed by atoms with Crippen LogP contribution in [0, 0.1) is 5.41 Å². The Bertz CT molecular complexity index is 140. The minimum absolute atomic E-state index is 0.297. The van der Waals surface area contributed by atoms with E-state index in [1.165, 1.54) is 19.4 Å². The third kappa shape index (κ3) is 4.12. The summed E-state index contributed by atoms with van der Waals surface area (Å²) in [5.41, 5.74) is 0.785. The Hall–Kier alpha value is -0.0400. The highest BCUT2D eigenvalue weighted by Gasteiger charge is 2.26. The Labute approximate surface area is 84.5 Å². The van der Waals surface area contributed by atoms with Gasteiger partial charge in [-0.25, -0.2) is 0 Å². The number of hydrogen-bond donors (Lipinski definition) is 0. The van der Waals surface area contributed by atoms with E-state index in [4.69, 9.17) is 0 Å². The maximum Gasteiger partial charge on any atom is 0.0122 e. The van der Waals surface area contributed by atoms with Crippen molar-refractivity contribution in [3.63, 3.8) is 0 Å². The predicted octanol–water partition coefficient (Wildman–Crippen LogP) is 3.54. The molecule has 0 spiro atoms. The number of rotatable bonds is 4. The molecule has 0 aromatic rings. The first-order chi connectivity index (χ1) is 5.75. The first-order valence-corrected chi connectivity index (χ1v) is 5.46. The van der Waals surface area contributed by atoms with Crippen LogP contribution >= 0.6 is 0 Å². The molecule has 0 rings (SSSR count). The molecule has 1 nitrogen and oxygen atoms in total. The van der Waals surface area contributed by atoms with Gasteiger partial charge in [-0.2, -0.15) is 0 Å². The lowest BCUT2D eigenvalue weighted by molar-refractivity contribution is 0.0999. The molecule has 0 heterocycles. The van der Waals surface area contributed by atoms with Gasteiger partial charge in [-0.05, 0) is 46.1 Å². The van der Waals surface area contributed by atoms with Gasteiger partial charge in [0.25, 0.3) is 0 Å². The van der Waals surface area contributed by atoms with Crippen molar-refractivity contribution in [2.75, 3.05) is 13.6 Å². The molecule has 0 saturated carbocycles. The van der Waals surface area contributed by atoms with Crippen molar-refractivity contribution in [1.29, 1.82) is 0 Å². The molecule has 0 radical (unpaired) electrons. The van der Waals surface area contributed by atoms with E-state index in [1.807, 2.05) is 0 Å². The average Bonchev–Trinajstić information content (AvgIpc) is 2.02. The molecule has 0 aliphatic rings. The summed E-state index contributed by atoms with van der Waals surface area (Å²) in [6.45, 7) is 15.0. The molecule has 0 fully saturated rings. The SMILES string of the molecule is CCC(C)(CC)CN(C)C(C)(C)C. The Morgan fingerprint density at radius 1 is 0.923 bits per heavy atom. The summed E-state index contributed by atoms with van der Waals surface area (Å²) in [5.74, 6) is 0. The van der Waals surface area contributed by atoms with Crippen molar-refractivity contribution < 1.29 is 0 Å². The van der Waals surface area contributed by atoms with Crippen LogP contribution in [0.1, 0.15) is 54.4 Å². The van der Waals surface area contributed by atoms with Crippen molar-refractivity contribution in [2.24, 2.45) is 5.41 Å². The molecular weight excluding hydrogens is 158 g/mol. The molecule has 0 aromatic heterocycles. The van der Waals surface area contributed by atoms with Crippen LogP contribution in [0.2, 0.25) is 0 Å². The molecule has 0 aromatic carbocycles. The zero-order valence-electron chi connectivity index (χ0n) is 10.6. The third-order valence-electron chi connectivity index (χ3n) is 3.47. The summed E-state index contributed by atoms with van der Waals surface area (Å²) in [6, 6.07) is 0. The topological polar surface area (TPSA) is 3.24 Å². The standard InChI is InChI=1S/C12H27N/c1-8-12(6,9-2)10-13(7)11(3,4)5/h8-10H2,1-7H3. The van der Waals surface area contributed by atoms with E-state index >= 15 is 0 Å². The molecule has 1 heteroatoms. The number of hydrogen-bond acceptors (Lipinski definition) is 1. The second kappa shape index (κ2) is 4.45. The van der Waals surface area contributed by atoms with Crippen LogP contribution < -0.4 is 0 Å². The Morgan fingerprint density at radius 2 is 1.31 bits per heavy atom. The highest BCUT2D eigenvalue weighted by Crippen LogP contribution is 2.28. The highest BCUT2D eigenvalue weighted by molar-refractivity contribution is 4.80. The first kappa shape index (κ1) is 13.0. The van der Waals surface area contributed by atoms with Crippen LogP contribution in [0.15, 0.2) is 0 Å². The minimum Gasteiger partial charge on any atom is -0.301 e. The van der Waals surface area contributed by atoms with Gasteiger partial charge in [0.2, 0.25) is 0 Å². The van der Waals surface area contributed by atoms with Crippen molar-refractivity contribution in [3.05, 3.63) is 0 Å². The molecule has 0 unspecified atom stereocenters. The quantitative estimate of drug-likeness (QED) is 0.647. The fourth-order valence-electron chi connectivity index (χ4n) is 1.28. The number of nitrogens with zero attached hydrogens (tertiary/aromatic N) is 1. The summed E-state index contributed by atoms with van der Waals surface area (Å²) in [5, 5.41) is 0. The van der Waals surface area contributed by atoms with Crippen molar-refractivity contribution in [3.8, 4) is 0 Å². The summed E-state index contributed by atoms with van der Waals surface area (Å²) < 4.78 is 0. The van der Waals surface area contributed by atoms with E-state index in [-0.39, 0.29) is 0 Å². The van der Waals surface area contributed by atoms with Gasteiger partial charge in [-0.15, -0.1) is 0 Å². The van der Waals surface area contributed by atoms with Gasteiger partial charge in [-0.1, -0.05) is 20.8 Å². The molecular formula is C12H27N. The van der Waals surface area contributed by atoms with Crippen LogP contribution in [0.3, 0.4) is 0 Å². The molecule has 0 N–H and O–H groups in total. The van der Waals surface area contributed by atoms with Crippen LogP contribution in [-0.2, 0) is 0 Å². The van der Waals surface area contributed by atoms with Crippen molar-refractivity contribution in [2.45, 2.75) is 59.9 Å². The summed E-state index contributed by atoms with van der Waals surface area (Å²) >= 11 is 0. The largest absolute Gasteiger partial charge is 0.301 e. The minimum atomic E-state index is 0.297. The second-order valence-electron chi connectivity index (χ2n) is 5.54. The van der Waals surface area contributed by atoms with E-state index in [9.17, 15) is 0 Å². The molecule has 13 heavy (non-hydrogen) atoms. The van der Waals surface area contributed by atoms with Crippen molar-refractivity contribution in [1.82, 2.24) is 4.90 Å². The Balaban J connectivity index is 4.25. The van der Waals surface area contributed by atoms with Crippen LogP contribution in [-0.4, -0.2) is 24.0 Å². The van der Waals surface area contributed by atoms with Gasteiger partial charge < -0.3 is 4.90 Å². The fraction of sp³-hybridized carbons (Fsp3) is 1.00. The van der Waals surface area contributed by atoms with Gasteiger partial charge in [-0.3, -0.25) is 0 Å². The van der Waals surface area contributed by atoms with Gasteiger partial charge in [0.1, 0.15) is 0 Å². The predicted molar refractivity (Wildman–Crippen MR) is 61.1 cm³/mol. The van der Waals surface area contributed by atoms with Gasteiger partial charge >= 0.3 is 0 Å². The van der Waals surface area contributed by atoms with Crippen LogP contribution in [0.5, 0.6) is 0 Å². The van der Waals surface area contributed by atoms with E-state index in [0.29, 0.717) is 11.0 Å². The average molecular weight is 185 g/mol. The summed E-state index contributed by atoms with van der Waals surface area (Å²) in [7, 11) is 2.23. The van der Waals surface area contributed by atoms with Crippen molar-refractivity contribution >= 4 is 0 Å². The fourth-order valence-corrected chi connectivity index (χ4v) is 1.28. The molecule has 80 valence electrons. The molecule has 0 bridgehead atoms. The second-order valence-corrected chi connectivity index (χ2v) is 5.54. The lowest BCUT2D eigenvalue weighted by Crippen LogP contribution is -2.44. The molecule has 0 atom stereocenters. The first-order valence-electron chi connectivity index (χ1n) is 5.46. The normalized spacial score (nSPS) is 13.8. The zero-order valence-corrected chi connectivity index (χ0v) is 10.6. The molecule has 0 saturated heterocycles. The molecule has 0 aliphatic heterocycles. The van der Waals surface area contributed by atoms with E-state index in [2.05, 4.69) is 53.5 Å². The van der Waals surface area contributed by atoms with E-state index in [0.717, 1.165) is 0 Å². The molecule has 0 amide bonds.